The summed E-state index contributed by atoms with van der Waals surface area (Å²) in [6.45, 7) is 8.07. The highest BCUT2D eigenvalue weighted by molar-refractivity contribution is 5.76. The zero-order valence-corrected chi connectivity index (χ0v) is 13.2. The molecule has 0 bridgehead atoms. The standard InChI is InChI=1S/C18H26N2O/c1-14(2)11-17(21)20-9-7-18(8-10-20)13-19-12-15-5-3-4-6-16(15)18/h3-6,14,19H,7-13H2,1-2H3. The van der Waals surface area contributed by atoms with Crippen LogP contribution in [0.2, 0.25) is 0 Å². The summed E-state index contributed by atoms with van der Waals surface area (Å²) < 4.78 is 0. The van der Waals surface area contributed by atoms with Gasteiger partial charge in [-0.15, -0.1) is 0 Å². The Morgan fingerprint density at radius 3 is 2.71 bits per heavy atom. The quantitative estimate of drug-likeness (QED) is 0.906. The molecule has 0 saturated carbocycles. The smallest absolute Gasteiger partial charge is 0.222 e. The maximum atomic E-state index is 12.2. The summed E-state index contributed by atoms with van der Waals surface area (Å²) in [5, 5.41) is 3.57. The Kier molecular flexibility index (Phi) is 4.03. The van der Waals surface area contributed by atoms with Gasteiger partial charge in [-0.05, 0) is 29.9 Å². The average Bonchev–Trinajstić information content (AvgIpc) is 2.48. The number of nitrogens with one attached hydrogen (secondary N) is 1. The van der Waals surface area contributed by atoms with Crippen LogP contribution in [0.1, 0.15) is 44.2 Å². The van der Waals surface area contributed by atoms with E-state index in [0.717, 1.165) is 39.0 Å². The van der Waals surface area contributed by atoms with Crippen molar-refractivity contribution in [2.45, 2.75) is 45.1 Å². The highest BCUT2D eigenvalue weighted by Crippen LogP contribution is 2.39. The van der Waals surface area contributed by atoms with E-state index in [1.54, 1.807) is 0 Å². The molecule has 1 aromatic carbocycles. The maximum Gasteiger partial charge on any atom is 0.222 e. The molecule has 2 heterocycles. The van der Waals surface area contributed by atoms with Crippen molar-refractivity contribution in [2.24, 2.45) is 5.92 Å². The lowest BCUT2D eigenvalue weighted by atomic mass is 9.69. The lowest BCUT2D eigenvalue weighted by Gasteiger charge is -2.45. The van der Waals surface area contributed by atoms with E-state index in [2.05, 4.69) is 48.3 Å². The van der Waals surface area contributed by atoms with E-state index in [1.165, 1.54) is 11.1 Å². The van der Waals surface area contributed by atoms with Gasteiger partial charge in [-0.1, -0.05) is 38.1 Å². The van der Waals surface area contributed by atoms with Crippen molar-refractivity contribution in [3.8, 4) is 0 Å². The Labute approximate surface area is 127 Å². The zero-order valence-electron chi connectivity index (χ0n) is 13.2. The molecule has 3 rings (SSSR count). The molecule has 0 radical (unpaired) electrons. The van der Waals surface area contributed by atoms with Crippen LogP contribution < -0.4 is 5.32 Å². The van der Waals surface area contributed by atoms with Gasteiger partial charge in [0, 0.05) is 38.0 Å². The largest absolute Gasteiger partial charge is 0.343 e. The predicted molar refractivity (Wildman–Crippen MR) is 85.1 cm³/mol. The van der Waals surface area contributed by atoms with Crippen molar-refractivity contribution in [3.63, 3.8) is 0 Å². The zero-order chi connectivity index (χ0) is 14.9. The molecule has 1 spiro atoms. The second kappa shape index (κ2) is 5.80. The molecule has 1 N–H and O–H groups in total. The minimum atomic E-state index is 0.240. The molecule has 2 aliphatic rings. The minimum absolute atomic E-state index is 0.240. The molecule has 3 nitrogen and oxygen atoms in total. The lowest BCUT2D eigenvalue weighted by molar-refractivity contribution is -0.133. The summed E-state index contributed by atoms with van der Waals surface area (Å²) in [4.78, 5) is 14.3. The van der Waals surface area contributed by atoms with Crippen molar-refractivity contribution < 1.29 is 4.79 Å². The first kappa shape index (κ1) is 14.6. The van der Waals surface area contributed by atoms with E-state index < -0.39 is 0 Å². The molecule has 2 aliphatic heterocycles. The van der Waals surface area contributed by atoms with Crippen LogP contribution >= 0.6 is 0 Å². The first-order valence-electron chi connectivity index (χ1n) is 8.18. The Morgan fingerprint density at radius 1 is 1.29 bits per heavy atom. The molecule has 0 atom stereocenters. The molecule has 0 aliphatic carbocycles. The number of benzene rings is 1. The molecule has 1 saturated heterocycles. The number of likely N-dealkylation sites (tertiary alicyclic amines) is 1. The van der Waals surface area contributed by atoms with E-state index in [-0.39, 0.29) is 5.41 Å². The molecule has 1 aromatic rings. The number of nitrogens with zero attached hydrogens (tertiary/aromatic N) is 1. The van der Waals surface area contributed by atoms with Gasteiger partial charge < -0.3 is 10.2 Å². The number of piperidine rings is 1. The Bertz CT molecular complexity index is 516. The molecular weight excluding hydrogens is 260 g/mol. The van der Waals surface area contributed by atoms with Crippen molar-refractivity contribution in [1.82, 2.24) is 10.2 Å². The SMILES string of the molecule is CC(C)CC(=O)N1CCC2(CC1)CNCc1ccccc12. The summed E-state index contributed by atoms with van der Waals surface area (Å²) in [7, 11) is 0. The van der Waals surface area contributed by atoms with E-state index >= 15 is 0 Å². The van der Waals surface area contributed by atoms with Crippen LogP contribution in [0, 0.1) is 5.92 Å². The molecule has 1 fully saturated rings. The topological polar surface area (TPSA) is 32.3 Å². The van der Waals surface area contributed by atoms with Gasteiger partial charge in [0.25, 0.3) is 0 Å². The van der Waals surface area contributed by atoms with Crippen LogP contribution in [0.3, 0.4) is 0 Å². The Balaban J connectivity index is 1.72. The highest BCUT2D eigenvalue weighted by atomic mass is 16.2. The van der Waals surface area contributed by atoms with Gasteiger partial charge in [0.1, 0.15) is 0 Å². The van der Waals surface area contributed by atoms with Crippen molar-refractivity contribution in [3.05, 3.63) is 35.4 Å². The van der Waals surface area contributed by atoms with Crippen LogP contribution in [0.4, 0.5) is 0 Å². The number of hydrogen-bond donors (Lipinski definition) is 1. The number of carbonyl (C=O) groups excluding carboxylic acids is 1. The van der Waals surface area contributed by atoms with Gasteiger partial charge in [0.2, 0.25) is 5.91 Å². The second-order valence-electron chi connectivity index (χ2n) is 7.02. The molecule has 3 heteroatoms. The van der Waals surface area contributed by atoms with Gasteiger partial charge in [0.15, 0.2) is 0 Å². The van der Waals surface area contributed by atoms with E-state index in [1.807, 2.05) is 0 Å². The third-order valence-corrected chi connectivity index (χ3v) is 5.02. The average molecular weight is 286 g/mol. The van der Waals surface area contributed by atoms with Gasteiger partial charge in [0.05, 0.1) is 0 Å². The summed E-state index contributed by atoms with van der Waals surface area (Å²) in [6, 6.07) is 8.81. The van der Waals surface area contributed by atoms with E-state index in [9.17, 15) is 4.79 Å². The molecule has 1 amide bonds. The first-order chi connectivity index (χ1) is 10.1. The first-order valence-corrected chi connectivity index (χ1v) is 8.18. The van der Waals surface area contributed by atoms with Gasteiger partial charge in [-0.25, -0.2) is 0 Å². The van der Waals surface area contributed by atoms with Crippen LogP contribution in [-0.4, -0.2) is 30.4 Å². The molecule has 21 heavy (non-hydrogen) atoms. The van der Waals surface area contributed by atoms with Gasteiger partial charge in [-0.2, -0.15) is 0 Å². The summed E-state index contributed by atoms with van der Waals surface area (Å²) in [5.41, 5.74) is 3.19. The monoisotopic (exact) mass is 286 g/mol. The lowest BCUT2D eigenvalue weighted by Crippen LogP contribution is -2.51. The van der Waals surface area contributed by atoms with Crippen LogP contribution in [0.15, 0.2) is 24.3 Å². The fraction of sp³-hybridized carbons (Fsp3) is 0.611. The molecular formula is C18H26N2O. The summed E-state index contributed by atoms with van der Waals surface area (Å²) in [5.74, 6) is 0.780. The number of amides is 1. The second-order valence-corrected chi connectivity index (χ2v) is 7.02. The van der Waals surface area contributed by atoms with Crippen LogP contribution in [0.5, 0.6) is 0 Å². The minimum Gasteiger partial charge on any atom is -0.343 e. The van der Waals surface area contributed by atoms with E-state index in [0.29, 0.717) is 18.2 Å². The van der Waals surface area contributed by atoms with Crippen molar-refractivity contribution in [2.75, 3.05) is 19.6 Å². The number of carbonyl (C=O) groups is 1. The van der Waals surface area contributed by atoms with E-state index in [4.69, 9.17) is 0 Å². The Hall–Kier alpha value is -1.35. The number of fused-ring (bicyclic) bond motifs is 2. The molecule has 0 aromatic heterocycles. The third kappa shape index (κ3) is 2.84. The highest BCUT2D eigenvalue weighted by Gasteiger charge is 2.40. The van der Waals surface area contributed by atoms with Crippen molar-refractivity contribution >= 4 is 5.91 Å². The predicted octanol–water partition coefficient (Wildman–Crippen LogP) is 2.70. The Morgan fingerprint density at radius 2 is 2.00 bits per heavy atom. The van der Waals surface area contributed by atoms with Crippen LogP contribution in [-0.2, 0) is 16.8 Å². The normalized spacial score (nSPS) is 20.6. The maximum absolute atomic E-state index is 12.2. The number of hydrogen-bond acceptors (Lipinski definition) is 2. The number of rotatable bonds is 2. The fourth-order valence-corrected chi connectivity index (χ4v) is 3.83. The molecule has 0 unspecified atom stereocenters. The van der Waals surface area contributed by atoms with Crippen LogP contribution in [0.25, 0.3) is 0 Å². The fourth-order valence-electron chi connectivity index (χ4n) is 3.83. The van der Waals surface area contributed by atoms with Gasteiger partial charge in [-0.3, -0.25) is 4.79 Å². The summed E-state index contributed by atoms with van der Waals surface area (Å²) in [6.07, 6.45) is 2.85. The van der Waals surface area contributed by atoms with Gasteiger partial charge >= 0.3 is 0 Å². The van der Waals surface area contributed by atoms with Crippen molar-refractivity contribution in [1.29, 1.82) is 0 Å². The molecule has 114 valence electrons. The third-order valence-electron chi connectivity index (χ3n) is 5.02. The summed E-state index contributed by atoms with van der Waals surface area (Å²) >= 11 is 0.